The maximum atomic E-state index is 6.04. The minimum absolute atomic E-state index is 0.716. The van der Waals surface area contributed by atoms with Crippen molar-refractivity contribution in [2.24, 2.45) is 11.7 Å². The summed E-state index contributed by atoms with van der Waals surface area (Å²) in [6.07, 6.45) is 10.8. The van der Waals surface area contributed by atoms with E-state index in [0.29, 0.717) is 6.04 Å². The molecule has 1 rings (SSSR count). The second-order valence-corrected chi connectivity index (χ2v) is 6.05. The zero-order valence-corrected chi connectivity index (χ0v) is 12.8. The first-order valence-corrected chi connectivity index (χ1v) is 8.20. The highest BCUT2D eigenvalue weighted by Crippen LogP contribution is 2.29. The molecule has 0 amide bonds. The third kappa shape index (κ3) is 4.55. The molecule has 0 aliphatic heterocycles. The minimum atomic E-state index is 0.716. The van der Waals surface area contributed by atoms with Gasteiger partial charge >= 0.3 is 0 Å². The van der Waals surface area contributed by atoms with Gasteiger partial charge in [0.2, 0.25) is 0 Å². The van der Waals surface area contributed by atoms with E-state index in [1.165, 1.54) is 57.9 Å². The van der Waals surface area contributed by atoms with Crippen molar-refractivity contribution in [3.8, 4) is 0 Å². The van der Waals surface area contributed by atoms with Crippen LogP contribution in [0.2, 0.25) is 0 Å². The Morgan fingerprint density at radius 1 is 1.17 bits per heavy atom. The molecule has 3 unspecified atom stereocenters. The third-order valence-corrected chi connectivity index (χ3v) is 4.77. The minimum Gasteiger partial charge on any atom is -0.330 e. The lowest BCUT2D eigenvalue weighted by Crippen LogP contribution is -2.47. The summed E-state index contributed by atoms with van der Waals surface area (Å²) in [5.41, 5.74) is 6.04. The molecule has 2 nitrogen and oxygen atoms in total. The van der Waals surface area contributed by atoms with Crippen LogP contribution < -0.4 is 5.73 Å². The molecule has 2 heteroatoms. The van der Waals surface area contributed by atoms with Gasteiger partial charge in [0.05, 0.1) is 0 Å². The van der Waals surface area contributed by atoms with Crippen molar-refractivity contribution in [3.63, 3.8) is 0 Å². The van der Waals surface area contributed by atoms with Gasteiger partial charge in [0.15, 0.2) is 0 Å². The summed E-state index contributed by atoms with van der Waals surface area (Å²) in [7, 11) is 0. The van der Waals surface area contributed by atoms with Crippen LogP contribution in [0, 0.1) is 5.92 Å². The molecule has 3 atom stereocenters. The quantitative estimate of drug-likeness (QED) is 0.700. The molecule has 0 radical (unpaired) electrons. The van der Waals surface area contributed by atoms with Crippen LogP contribution in [-0.4, -0.2) is 30.1 Å². The average molecular weight is 254 g/mol. The Morgan fingerprint density at radius 2 is 1.89 bits per heavy atom. The molecule has 0 aromatic rings. The number of rotatable bonds is 7. The van der Waals surface area contributed by atoms with Gasteiger partial charge in [-0.25, -0.2) is 0 Å². The van der Waals surface area contributed by atoms with Gasteiger partial charge in [0.25, 0.3) is 0 Å². The Labute approximate surface area is 114 Å². The van der Waals surface area contributed by atoms with Crippen molar-refractivity contribution in [2.75, 3.05) is 13.1 Å². The average Bonchev–Trinajstić information content (AvgIpc) is 2.64. The van der Waals surface area contributed by atoms with Crippen LogP contribution in [0.5, 0.6) is 0 Å². The van der Waals surface area contributed by atoms with Crippen LogP contribution in [0.15, 0.2) is 0 Å². The van der Waals surface area contributed by atoms with Gasteiger partial charge in [-0.2, -0.15) is 0 Å². The Bertz CT molecular complexity index is 205. The number of hydrogen-bond acceptors (Lipinski definition) is 2. The molecule has 108 valence electrons. The summed E-state index contributed by atoms with van der Waals surface area (Å²) < 4.78 is 0. The molecule has 18 heavy (non-hydrogen) atoms. The van der Waals surface area contributed by atoms with E-state index in [0.717, 1.165) is 18.5 Å². The normalized spacial score (nSPS) is 27.2. The van der Waals surface area contributed by atoms with Crippen LogP contribution >= 0.6 is 0 Å². The van der Waals surface area contributed by atoms with Crippen LogP contribution in [0.3, 0.4) is 0 Å². The Hall–Kier alpha value is -0.0800. The number of nitrogens with zero attached hydrogens (tertiary/aromatic N) is 1. The molecule has 0 aromatic heterocycles. The van der Waals surface area contributed by atoms with Crippen LogP contribution in [0.1, 0.15) is 72.1 Å². The van der Waals surface area contributed by atoms with Crippen LogP contribution in [0.25, 0.3) is 0 Å². The molecule has 0 aromatic carbocycles. The Kier molecular flexibility index (Phi) is 7.92. The van der Waals surface area contributed by atoms with Crippen molar-refractivity contribution in [1.82, 2.24) is 4.90 Å². The van der Waals surface area contributed by atoms with Crippen molar-refractivity contribution in [1.29, 1.82) is 0 Å². The lowest BCUT2D eigenvalue weighted by molar-refractivity contribution is 0.0903. The summed E-state index contributed by atoms with van der Waals surface area (Å²) in [6.45, 7) is 9.16. The monoisotopic (exact) mass is 254 g/mol. The number of hydrogen-bond donors (Lipinski definition) is 1. The number of unbranched alkanes of at least 4 members (excludes halogenated alkanes) is 1. The number of nitrogens with two attached hydrogens (primary N) is 1. The fourth-order valence-corrected chi connectivity index (χ4v) is 3.36. The first-order valence-electron chi connectivity index (χ1n) is 8.20. The van der Waals surface area contributed by atoms with Crippen molar-refractivity contribution in [3.05, 3.63) is 0 Å². The predicted molar refractivity (Wildman–Crippen MR) is 80.8 cm³/mol. The van der Waals surface area contributed by atoms with Gasteiger partial charge in [0.1, 0.15) is 0 Å². The molecule has 1 fully saturated rings. The van der Waals surface area contributed by atoms with E-state index < -0.39 is 0 Å². The molecule has 0 heterocycles. The SMILES string of the molecule is CCCCN(C(C)CC)C1CCCCCC1CN. The molecule has 1 saturated carbocycles. The highest BCUT2D eigenvalue weighted by molar-refractivity contribution is 4.85. The fraction of sp³-hybridized carbons (Fsp3) is 1.00. The molecule has 1 aliphatic rings. The van der Waals surface area contributed by atoms with Crippen LogP contribution in [0.4, 0.5) is 0 Å². The standard InChI is InChI=1S/C16H34N2/c1-4-6-12-18(14(3)5-2)16-11-9-7-8-10-15(16)13-17/h14-16H,4-13,17H2,1-3H3. The van der Waals surface area contributed by atoms with E-state index in [4.69, 9.17) is 5.73 Å². The van der Waals surface area contributed by atoms with E-state index in [1.54, 1.807) is 0 Å². The summed E-state index contributed by atoms with van der Waals surface area (Å²) in [4.78, 5) is 2.78. The molecular weight excluding hydrogens is 220 g/mol. The zero-order valence-electron chi connectivity index (χ0n) is 12.8. The van der Waals surface area contributed by atoms with E-state index >= 15 is 0 Å². The van der Waals surface area contributed by atoms with E-state index in [2.05, 4.69) is 25.7 Å². The van der Waals surface area contributed by atoms with E-state index in [-0.39, 0.29) is 0 Å². The smallest absolute Gasteiger partial charge is 0.0138 e. The fourth-order valence-electron chi connectivity index (χ4n) is 3.36. The van der Waals surface area contributed by atoms with Crippen molar-refractivity contribution >= 4 is 0 Å². The van der Waals surface area contributed by atoms with Gasteiger partial charge in [-0.05, 0) is 51.6 Å². The molecular formula is C16H34N2. The molecule has 0 bridgehead atoms. The van der Waals surface area contributed by atoms with Gasteiger partial charge in [-0.3, -0.25) is 4.90 Å². The van der Waals surface area contributed by atoms with Gasteiger partial charge in [0, 0.05) is 12.1 Å². The van der Waals surface area contributed by atoms with Gasteiger partial charge < -0.3 is 5.73 Å². The largest absolute Gasteiger partial charge is 0.330 e. The third-order valence-electron chi connectivity index (χ3n) is 4.77. The summed E-state index contributed by atoms with van der Waals surface area (Å²) in [5.74, 6) is 0.735. The molecule has 1 aliphatic carbocycles. The maximum absolute atomic E-state index is 6.04. The first kappa shape index (κ1) is 16.0. The highest BCUT2D eigenvalue weighted by atomic mass is 15.2. The van der Waals surface area contributed by atoms with E-state index in [1.807, 2.05) is 0 Å². The second kappa shape index (κ2) is 8.92. The second-order valence-electron chi connectivity index (χ2n) is 6.05. The molecule has 2 N–H and O–H groups in total. The highest BCUT2D eigenvalue weighted by Gasteiger charge is 2.29. The van der Waals surface area contributed by atoms with Crippen molar-refractivity contribution in [2.45, 2.75) is 84.2 Å². The Balaban J connectivity index is 2.71. The van der Waals surface area contributed by atoms with Gasteiger partial charge in [-0.1, -0.05) is 39.5 Å². The molecule has 0 spiro atoms. The van der Waals surface area contributed by atoms with Gasteiger partial charge in [-0.15, -0.1) is 0 Å². The topological polar surface area (TPSA) is 29.3 Å². The van der Waals surface area contributed by atoms with Crippen LogP contribution in [-0.2, 0) is 0 Å². The first-order chi connectivity index (χ1) is 8.74. The zero-order chi connectivity index (χ0) is 13.4. The summed E-state index contributed by atoms with van der Waals surface area (Å²) >= 11 is 0. The summed E-state index contributed by atoms with van der Waals surface area (Å²) in [6, 6.07) is 1.47. The van der Waals surface area contributed by atoms with E-state index in [9.17, 15) is 0 Å². The maximum Gasteiger partial charge on any atom is 0.0138 e. The predicted octanol–water partition coefficient (Wildman–Crippen LogP) is 3.79. The molecule has 0 saturated heterocycles. The summed E-state index contributed by atoms with van der Waals surface area (Å²) in [5, 5.41) is 0. The lowest BCUT2D eigenvalue weighted by atomic mass is 9.91. The van der Waals surface area contributed by atoms with Crippen molar-refractivity contribution < 1.29 is 0 Å². The lowest BCUT2D eigenvalue weighted by Gasteiger charge is -2.40. The Morgan fingerprint density at radius 3 is 2.50 bits per heavy atom.